The van der Waals surface area contributed by atoms with Crippen LogP contribution < -0.4 is 5.32 Å². The Morgan fingerprint density at radius 3 is 2.15 bits per heavy atom. The fourth-order valence-corrected chi connectivity index (χ4v) is 7.36. The molecule has 0 aromatic heterocycles. The van der Waals surface area contributed by atoms with Crippen molar-refractivity contribution in [1.82, 2.24) is 15.1 Å². The van der Waals surface area contributed by atoms with Gasteiger partial charge in [0.2, 0.25) is 11.8 Å². The second-order valence-corrected chi connectivity index (χ2v) is 11.1. The lowest BCUT2D eigenvalue weighted by atomic mass is 9.49. The standard InChI is InChI=1S/C25H31ClFN3O3/c26-19-1-2-21(27)20(10-19)24(33)30-5-3-29(4-6-30)23(32)15-28-22(31)14-25-11-16-7-17(12-25)9-18(8-16)13-25/h1-2,10,16-18H,3-9,11-15H2,(H,28,31). The van der Waals surface area contributed by atoms with Gasteiger partial charge in [-0.25, -0.2) is 4.39 Å². The maximum Gasteiger partial charge on any atom is 0.257 e. The molecule has 5 aliphatic rings. The number of benzene rings is 1. The normalized spacial score (nSPS) is 30.4. The van der Waals surface area contributed by atoms with E-state index in [1.165, 1.54) is 61.6 Å². The van der Waals surface area contributed by atoms with Crippen LogP contribution in [0.2, 0.25) is 5.02 Å². The van der Waals surface area contributed by atoms with Crippen molar-refractivity contribution in [1.29, 1.82) is 0 Å². The molecular weight excluding hydrogens is 445 g/mol. The van der Waals surface area contributed by atoms with Crippen molar-refractivity contribution < 1.29 is 18.8 Å². The van der Waals surface area contributed by atoms with Crippen molar-refractivity contribution >= 4 is 29.3 Å². The lowest BCUT2D eigenvalue weighted by Gasteiger charge is -2.56. The molecule has 0 atom stereocenters. The van der Waals surface area contributed by atoms with Gasteiger partial charge in [0.1, 0.15) is 5.82 Å². The van der Waals surface area contributed by atoms with Crippen LogP contribution in [0.25, 0.3) is 0 Å². The number of nitrogens with zero attached hydrogens (tertiary/aromatic N) is 2. The molecule has 1 aromatic rings. The molecule has 3 amide bonds. The summed E-state index contributed by atoms with van der Waals surface area (Å²) in [6.07, 6.45) is 8.08. The van der Waals surface area contributed by atoms with E-state index in [-0.39, 0.29) is 29.3 Å². The highest BCUT2D eigenvalue weighted by atomic mass is 35.5. The monoisotopic (exact) mass is 475 g/mol. The summed E-state index contributed by atoms with van der Waals surface area (Å²) in [5.74, 6) is 1.20. The highest BCUT2D eigenvalue weighted by molar-refractivity contribution is 6.31. The van der Waals surface area contributed by atoms with Crippen LogP contribution in [0.1, 0.15) is 55.3 Å². The van der Waals surface area contributed by atoms with Gasteiger partial charge in [0.15, 0.2) is 0 Å². The van der Waals surface area contributed by atoms with Crippen LogP contribution in [-0.4, -0.2) is 60.2 Å². The third-order valence-corrected chi connectivity index (χ3v) is 8.45. The van der Waals surface area contributed by atoms with Crippen molar-refractivity contribution in [3.05, 3.63) is 34.6 Å². The van der Waals surface area contributed by atoms with Gasteiger partial charge in [-0.2, -0.15) is 0 Å². The number of carbonyl (C=O) groups is 3. The van der Waals surface area contributed by atoms with Crippen molar-refractivity contribution in [3.63, 3.8) is 0 Å². The third-order valence-electron chi connectivity index (χ3n) is 8.22. The average molecular weight is 476 g/mol. The van der Waals surface area contributed by atoms with Crippen LogP contribution in [0.3, 0.4) is 0 Å². The number of nitrogens with one attached hydrogen (secondary N) is 1. The third kappa shape index (κ3) is 4.75. The fourth-order valence-electron chi connectivity index (χ4n) is 7.19. The first-order chi connectivity index (χ1) is 15.8. The van der Waals surface area contributed by atoms with E-state index in [1.807, 2.05) is 0 Å². The van der Waals surface area contributed by atoms with E-state index in [2.05, 4.69) is 5.32 Å². The van der Waals surface area contributed by atoms with E-state index < -0.39 is 11.7 Å². The van der Waals surface area contributed by atoms with Crippen LogP contribution in [0.4, 0.5) is 4.39 Å². The van der Waals surface area contributed by atoms with Gasteiger partial charge in [-0.15, -0.1) is 0 Å². The Hall–Kier alpha value is -2.15. The SMILES string of the molecule is O=C(CC12CC3CC(CC(C3)C1)C2)NCC(=O)N1CCN(C(=O)c2cc(Cl)ccc2F)CC1. The molecule has 4 bridgehead atoms. The number of halogens is 2. The van der Waals surface area contributed by atoms with E-state index in [4.69, 9.17) is 11.6 Å². The molecule has 0 unspecified atom stereocenters. The predicted molar refractivity (Wildman–Crippen MR) is 122 cm³/mol. The molecule has 178 valence electrons. The molecule has 0 radical (unpaired) electrons. The second-order valence-electron chi connectivity index (χ2n) is 10.7. The summed E-state index contributed by atoms with van der Waals surface area (Å²) in [4.78, 5) is 41.2. The summed E-state index contributed by atoms with van der Waals surface area (Å²) in [5.41, 5.74) is 0.0999. The maximum atomic E-state index is 14.0. The van der Waals surface area contributed by atoms with Crippen LogP contribution in [-0.2, 0) is 9.59 Å². The van der Waals surface area contributed by atoms with Gasteiger partial charge < -0.3 is 15.1 Å². The number of amides is 3. The van der Waals surface area contributed by atoms with E-state index in [0.29, 0.717) is 37.6 Å². The Morgan fingerprint density at radius 1 is 0.970 bits per heavy atom. The Balaban J connectivity index is 1.08. The smallest absolute Gasteiger partial charge is 0.257 e. The van der Waals surface area contributed by atoms with Crippen molar-refractivity contribution in [2.75, 3.05) is 32.7 Å². The first-order valence-electron chi connectivity index (χ1n) is 12.1. The summed E-state index contributed by atoms with van der Waals surface area (Å²) in [6.45, 7) is 1.34. The van der Waals surface area contributed by atoms with Gasteiger partial charge in [-0.05, 0) is 79.9 Å². The van der Waals surface area contributed by atoms with Gasteiger partial charge in [-0.1, -0.05) is 11.6 Å². The summed E-state index contributed by atoms with van der Waals surface area (Å²) in [5, 5.41) is 3.16. The molecular formula is C25H31ClFN3O3. The topological polar surface area (TPSA) is 69.7 Å². The highest BCUT2D eigenvalue weighted by Gasteiger charge is 2.51. The summed E-state index contributed by atoms with van der Waals surface area (Å²) >= 11 is 5.90. The van der Waals surface area contributed by atoms with Gasteiger partial charge in [0.25, 0.3) is 5.91 Å². The van der Waals surface area contributed by atoms with Crippen LogP contribution >= 0.6 is 11.6 Å². The van der Waals surface area contributed by atoms with Crippen LogP contribution in [0.5, 0.6) is 0 Å². The van der Waals surface area contributed by atoms with Crippen molar-refractivity contribution in [3.8, 4) is 0 Å². The lowest BCUT2D eigenvalue weighted by Crippen LogP contribution is -2.53. The Labute approximate surface area is 198 Å². The summed E-state index contributed by atoms with van der Waals surface area (Å²) < 4.78 is 14.0. The fraction of sp³-hybridized carbons (Fsp3) is 0.640. The van der Waals surface area contributed by atoms with Gasteiger partial charge >= 0.3 is 0 Å². The first kappa shape index (κ1) is 22.6. The molecule has 4 saturated carbocycles. The summed E-state index contributed by atoms with van der Waals surface area (Å²) in [6, 6.07) is 3.92. The Morgan fingerprint density at radius 2 is 1.55 bits per heavy atom. The minimum absolute atomic E-state index is 0.0118. The van der Waals surface area contributed by atoms with Gasteiger partial charge in [0, 0.05) is 37.6 Å². The lowest BCUT2D eigenvalue weighted by molar-refractivity contribution is -0.136. The molecule has 1 saturated heterocycles. The average Bonchev–Trinajstić information content (AvgIpc) is 2.77. The second kappa shape index (κ2) is 8.90. The predicted octanol–water partition coefficient (Wildman–Crippen LogP) is 3.49. The zero-order valence-corrected chi connectivity index (χ0v) is 19.6. The number of carbonyl (C=O) groups excluding carboxylic acids is 3. The Bertz CT molecular complexity index is 925. The molecule has 0 spiro atoms. The first-order valence-corrected chi connectivity index (χ1v) is 12.5. The van der Waals surface area contributed by atoms with Crippen molar-refractivity contribution in [2.45, 2.75) is 44.9 Å². The molecule has 5 fully saturated rings. The molecule has 4 aliphatic carbocycles. The van der Waals surface area contributed by atoms with Gasteiger partial charge in [-0.3, -0.25) is 14.4 Å². The van der Waals surface area contributed by atoms with E-state index in [9.17, 15) is 18.8 Å². The van der Waals surface area contributed by atoms with Crippen molar-refractivity contribution in [2.24, 2.45) is 23.2 Å². The number of rotatable bonds is 5. The molecule has 1 N–H and O–H groups in total. The largest absolute Gasteiger partial charge is 0.347 e. The minimum atomic E-state index is -0.607. The molecule has 1 aliphatic heterocycles. The summed E-state index contributed by atoms with van der Waals surface area (Å²) in [7, 11) is 0. The van der Waals surface area contributed by atoms with Gasteiger partial charge in [0.05, 0.1) is 12.1 Å². The van der Waals surface area contributed by atoms with Crippen LogP contribution in [0, 0.1) is 29.0 Å². The minimum Gasteiger partial charge on any atom is -0.347 e. The zero-order valence-electron chi connectivity index (χ0n) is 18.8. The maximum absolute atomic E-state index is 14.0. The molecule has 33 heavy (non-hydrogen) atoms. The molecule has 6 rings (SSSR count). The highest BCUT2D eigenvalue weighted by Crippen LogP contribution is 2.61. The quantitative estimate of drug-likeness (QED) is 0.708. The molecule has 1 aromatic carbocycles. The molecule has 6 nitrogen and oxygen atoms in total. The molecule has 1 heterocycles. The van der Waals surface area contributed by atoms with E-state index in [1.54, 1.807) is 4.90 Å². The van der Waals surface area contributed by atoms with E-state index in [0.717, 1.165) is 17.8 Å². The number of piperazine rings is 1. The Kier molecular flexibility index (Phi) is 6.10. The van der Waals surface area contributed by atoms with E-state index >= 15 is 0 Å². The number of hydrogen-bond donors (Lipinski definition) is 1. The zero-order chi connectivity index (χ0) is 23.2. The van der Waals surface area contributed by atoms with Crippen LogP contribution in [0.15, 0.2) is 18.2 Å². The molecule has 8 heteroatoms. The number of hydrogen-bond acceptors (Lipinski definition) is 3.